The maximum atomic E-state index is 16.6. The predicted octanol–water partition coefficient (Wildman–Crippen LogP) is 4.95. The second-order valence-corrected chi connectivity index (χ2v) is 11.3. The van der Waals surface area contributed by atoms with Crippen molar-refractivity contribution in [1.82, 2.24) is 19.8 Å². The molecule has 41 heavy (non-hydrogen) atoms. The summed E-state index contributed by atoms with van der Waals surface area (Å²) in [6.45, 7) is 7.49. The zero-order valence-corrected chi connectivity index (χ0v) is 23.8. The summed E-state index contributed by atoms with van der Waals surface area (Å²) in [5.41, 5.74) is 1.87. The number of rotatable bonds is 6. The van der Waals surface area contributed by atoms with Crippen LogP contribution in [0.15, 0.2) is 36.9 Å². The molecule has 1 amide bonds. The number of aromatic nitrogens is 2. The molecular weight excluding hydrogens is 550 g/mol. The van der Waals surface area contributed by atoms with Gasteiger partial charge < -0.3 is 24.3 Å². The highest BCUT2D eigenvalue weighted by molar-refractivity contribution is 6.34. The molecule has 0 radical (unpaired) electrons. The number of hydrogen-bond donors (Lipinski definition) is 0. The molecule has 3 aliphatic rings. The molecule has 1 atom stereocenters. The van der Waals surface area contributed by atoms with Gasteiger partial charge in [-0.1, -0.05) is 18.2 Å². The summed E-state index contributed by atoms with van der Waals surface area (Å²) >= 11 is 6.81. The van der Waals surface area contributed by atoms with Gasteiger partial charge in [0.25, 0.3) is 0 Å². The van der Waals surface area contributed by atoms with Crippen molar-refractivity contribution in [3.63, 3.8) is 0 Å². The molecule has 8 nitrogen and oxygen atoms in total. The number of ether oxygens (including phenoxy) is 1. The van der Waals surface area contributed by atoms with E-state index in [2.05, 4.69) is 23.5 Å². The molecule has 0 spiro atoms. The topological polar surface area (TPSA) is 65.0 Å². The molecule has 3 aliphatic heterocycles. The van der Waals surface area contributed by atoms with E-state index in [9.17, 15) is 9.18 Å². The molecule has 2 saturated heterocycles. The van der Waals surface area contributed by atoms with E-state index in [-0.39, 0.29) is 40.0 Å². The number of amides is 1. The van der Waals surface area contributed by atoms with Crippen LogP contribution in [0.1, 0.15) is 24.8 Å². The van der Waals surface area contributed by atoms with E-state index in [1.54, 1.807) is 17.0 Å². The number of fused-ring (bicyclic) bond motifs is 2. The van der Waals surface area contributed by atoms with Crippen molar-refractivity contribution >= 4 is 45.6 Å². The molecule has 2 aromatic carbocycles. The predicted molar refractivity (Wildman–Crippen MR) is 156 cm³/mol. The average Bonchev–Trinajstić information content (AvgIpc) is 3.40. The second kappa shape index (κ2) is 11.4. The summed E-state index contributed by atoms with van der Waals surface area (Å²) in [5.74, 6) is -0.499. The fraction of sp³-hybridized carbons (Fsp3) is 0.433. The molecule has 216 valence electrons. The Balaban J connectivity index is 1.42. The van der Waals surface area contributed by atoms with Gasteiger partial charge in [-0.2, -0.15) is 9.97 Å². The lowest BCUT2D eigenvalue weighted by Crippen LogP contribution is -2.48. The van der Waals surface area contributed by atoms with E-state index in [1.165, 1.54) is 18.2 Å². The number of piperazine rings is 1. The minimum absolute atomic E-state index is 0.102. The van der Waals surface area contributed by atoms with Crippen LogP contribution in [0.25, 0.3) is 10.9 Å². The Morgan fingerprint density at radius 3 is 2.66 bits per heavy atom. The Morgan fingerprint density at radius 1 is 1.12 bits per heavy atom. The van der Waals surface area contributed by atoms with Crippen LogP contribution in [0.2, 0.25) is 5.02 Å². The van der Waals surface area contributed by atoms with Crippen molar-refractivity contribution in [2.24, 2.45) is 0 Å². The van der Waals surface area contributed by atoms with Crippen LogP contribution in [0, 0.1) is 11.6 Å². The SMILES string of the molecule is C=CC(=O)N1CCN(c2nc(OCC3CCCN3C)nc3c(F)c(N4CCCc5cc(F)ccc54)c(Cl)cc23)CC1. The van der Waals surface area contributed by atoms with Gasteiger partial charge in [0.2, 0.25) is 5.91 Å². The number of likely N-dealkylation sites (N-methyl/N-ethyl adjacent to an activating group) is 1. The number of aryl methyl sites for hydroxylation is 1. The minimum Gasteiger partial charge on any atom is -0.462 e. The first-order valence-corrected chi connectivity index (χ1v) is 14.5. The van der Waals surface area contributed by atoms with Crippen molar-refractivity contribution in [2.45, 2.75) is 31.7 Å². The van der Waals surface area contributed by atoms with Crippen LogP contribution < -0.4 is 14.5 Å². The van der Waals surface area contributed by atoms with E-state index in [0.29, 0.717) is 57.0 Å². The molecule has 1 aromatic heterocycles. The van der Waals surface area contributed by atoms with Gasteiger partial charge in [-0.25, -0.2) is 8.78 Å². The summed E-state index contributed by atoms with van der Waals surface area (Å²) in [7, 11) is 2.06. The highest BCUT2D eigenvalue weighted by Crippen LogP contribution is 2.43. The molecule has 4 heterocycles. The number of nitrogens with zero attached hydrogens (tertiary/aromatic N) is 6. The van der Waals surface area contributed by atoms with E-state index in [4.69, 9.17) is 21.3 Å². The third-order valence-electron chi connectivity index (χ3n) is 8.39. The number of carbonyl (C=O) groups is 1. The number of anilines is 3. The standard InChI is InChI=1S/C30H33ClF2N6O2/c1-3-25(40)37-12-14-38(15-13-37)29-22-17-23(31)28(39-11-4-6-19-16-20(32)8-9-24(19)39)26(33)27(22)34-30(35-29)41-18-21-7-5-10-36(21)2/h3,8-9,16-17,21H,1,4-7,10-15,18H2,2H3. The molecule has 0 aliphatic carbocycles. The Kier molecular flexibility index (Phi) is 7.70. The minimum atomic E-state index is -0.573. The van der Waals surface area contributed by atoms with Gasteiger partial charge >= 0.3 is 6.01 Å². The molecule has 0 bridgehead atoms. The summed E-state index contributed by atoms with van der Waals surface area (Å²) in [6, 6.07) is 6.60. The first-order chi connectivity index (χ1) is 19.8. The average molecular weight is 583 g/mol. The molecule has 6 rings (SSSR count). The highest BCUT2D eigenvalue weighted by atomic mass is 35.5. The number of likely N-dealkylation sites (tertiary alicyclic amines) is 1. The van der Waals surface area contributed by atoms with E-state index < -0.39 is 5.82 Å². The van der Waals surface area contributed by atoms with Crippen molar-refractivity contribution < 1.29 is 18.3 Å². The fourth-order valence-corrected chi connectivity index (χ4v) is 6.42. The fourth-order valence-electron chi connectivity index (χ4n) is 6.13. The maximum Gasteiger partial charge on any atom is 0.319 e. The first-order valence-electron chi connectivity index (χ1n) is 14.1. The van der Waals surface area contributed by atoms with Gasteiger partial charge in [0.1, 0.15) is 23.8 Å². The van der Waals surface area contributed by atoms with Crippen LogP contribution in [-0.2, 0) is 11.2 Å². The zero-order valence-electron chi connectivity index (χ0n) is 23.1. The summed E-state index contributed by atoms with van der Waals surface area (Å²) in [4.78, 5) is 29.2. The summed E-state index contributed by atoms with van der Waals surface area (Å²) < 4.78 is 36.7. The Hall–Kier alpha value is -3.50. The smallest absolute Gasteiger partial charge is 0.319 e. The van der Waals surface area contributed by atoms with Crippen molar-refractivity contribution in [2.75, 3.05) is 62.7 Å². The quantitative estimate of drug-likeness (QED) is 0.381. The summed E-state index contributed by atoms with van der Waals surface area (Å²) in [5, 5.41) is 0.695. The zero-order chi connectivity index (χ0) is 28.7. The molecule has 0 saturated carbocycles. The number of carbonyl (C=O) groups excluding carboxylic acids is 1. The molecule has 11 heteroatoms. The molecule has 0 N–H and O–H groups in total. The van der Waals surface area contributed by atoms with Gasteiger partial charge in [0.15, 0.2) is 5.82 Å². The molecule has 2 fully saturated rings. The Morgan fingerprint density at radius 2 is 1.93 bits per heavy atom. The van der Waals surface area contributed by atoms with Crippen LogP contribution in [0.4, 0.5) is 26.0 Å². The van der Waals surface area contributed by atoms with Crippen LogP contribution >= 0.6 is 11.6 Å². The first kappa shape index (κ1) is 27.7. The molecular formula is C30H33ClF2N6O2. The van der Waals surface area contributed by atoms with Crippen molar-refractivity contribution in [3.8, 4) is 6.01 Å². The van der Waals surface area contributed by atoms with E-state index in [1.807, 2.05) is 9.80 Å². The third-order valence-corrected chi connectivity index (χ3v) is 8.68. The number of halogens is 3. The van der Waals surface area contributed by atoms with Gasteiger partial charge in [-0.3, -0.25) is 4.79 Å². The molecule has 1 unspecified atom stereocenters. The maximum absolute atomic E-state index is 16.6. The lowest BCUT2D eigenvalue weighted by molar-refractivity contribution is -0.126. The van der Waals surface area contributed by atoms with Crippen LogP contribution in [0.5, 0.6) is 6.01 Å². The van der Waals surface area contributed by atoms with Crippen LogP contribution in [0.3, 0.4) is 0 Å². The second-order valence-electron chi connectivity index (χ2n) is 10.9. The van der Waals surface area contributed by atoms with E-state index >= 15 is 4.39 Å². The van der Waals surface area contributed by atoms with Crippen molar-refractivity contribution in [1.29, 1.82) is 0 Å². The summed E-state index contributed by atoms with van der Waals surface area (Å²) in [6.07, 6.45) is 4.86. The largest absolute Gasteiger partial charge is 0.462 e. The van der Waals surface area contributed by atoms with Gasteiger partial charge in [-0.05, 0) is 75.2 Å². The lowest BCUT2D eigenvalue weighted by Gasteiger charge is -2.36. The van der Waals surface area contributed by atoms with Crippen LogP contribution in [-0.4, -0.2) is 84.6 Å². The van der Waals surface area contributed by atoms with Gasteiger partial charge in [-0.15, -0.1) is 0 Å². The number of benzene rings is 2. The Bertz CT molecular complexity index is 1500. The van der Waals surface area contributed by atoms with E-state index in [0.717, 1.165) is 37.1 Å². The highest BCUT2D eigenvalue weighted by Gasteiger charge is 2.30. The van der Waals surface area contributed by atoms with Gasteiger partial charge in [0, 0.05) is 49.8 Å². The van der Waals surface area contributed by atoms with Gasteiger partial charge in [0.05, 0.1) is 10.7 Å². The lowest BCUT2D eigenvalue weighted by atomic mass is 10.0. The van der Waals surface area contributed by atoms with Crippen molar-refractivity contribution in [3.05, 3.63) is 59.1 Å². The third kappa shape index (κ3) is 5.30. The Labute approximate surface area is 243 Å². The number of hydrogen-bond acceptors (Lipinski definition) is 7. The monoisotopic (exact) mass is 582 g/mol. The molecule has 3 aromatic rings. The normalized spacial score (nSPS) is 19.5.